The maximum atomic E-state index is 13.2. The lowest BCUT2D eigenvalue weighted by Crippen LogP contribution is -2.13. The fourth-order valence-electron chi connectivity index (χ4n) is 2.19. The molecule has 132 valence electrons. The van der Waals surface area contributed by atoms with Gasteiger partial charge in [0.2, 0.25) is 0 Å². The van der Waals surface area contributed by atoms with Gasteiger partial charge in [-0.2, -0.15) is 0 Å². The number of anilines is 1. The van der Waals surface area contributed by atoms with Gasteiger partial charge >= 0.3 is 0 Å². The van der Waals surface area contributed by atoms with E-state index >= 15 is 0 Å². The molecule has 0 unspecified atom stereocenters. The molecule has 4 nitrogen and oxygen atoms in total. The number of halogens is 2. The van der Waals surface area contributed by atoms with Crippen molar-refractivity contribution >= 4 is 50.0 Å². The number of nitrogens with zero attached hydrogens (tertiary/aromatic N) is 1. The monoisotopic (exact) mass is 416 g/mol. The molecule has 0 saturated heterocycles. The Bertz CT molecular complexity index is 1040. The molecule has 0 radical (unpaired) electrons. The van der Waals surface area contributed by atoms with Gasteiger partial charge in [0.25, 0.3) is 10.0 Å². The summed E-state index contributed by atoms with van der Waals surface area (Å²) in [6.45, 7) is 5.65. The molecule has 0 amide bonds. The van der Waals surface area contributed by atoms with Crippen LogP contribution in [0.25, 0.3) is 9.88 Å². The number of aryl methyl sites for hydroxylation is 3. The lowest BCUT2D eigenvalue weighted by Gasteiger charge is -2.08. The van der Waals surface area contributed by atoms with E-state index in [2.05, 4.69) is 9.71 Å². The Balaban J connectivity index is 1.96. The topological polar surface area (TPSA) is 59.1 Å². The number of aromatic nitrogens is 1. The van der Waals surface area contributed by atoms with E-state index in [1.807, 2.05) is 13.8 Å². The van der Waals surface area contributed by atoms with Crippen LogP contribution in [0, 0.1) is 26.6 Å². The molecule has 0 spiro atoms. The van der Waals surface area contributed by atoms with Crippen molar-refractivity contribution in [2.45, 2.75) is 25.7 Å². The molecule has 1 N–H and O–H groups in total. The molecule has 0 fully saturated rings. The first-order valence-electron chi connectivity index (χ1n) is 7.20. The van der Waals surface area contributed by atoms with Crippen molar-refractivity contribution < 1.29 is 12.8 Å². The van der Waals surface area contributed by atoms with E-state index in [0.29, 0.717) is 4.88 Å². The molecule has 0 atom stereocenters. The van der Waals surface area contributed by atoms with E-state index in [9.17, 15) is 12.8 Å². The highest BCUT2D eigenvalue weighted by Crippen LogP contribution is 2.37. The highest BCUT2D eigenvalue weighted by atomic mass is 35.5. The number of sulfonamides is 1. The highest BCUT2D eigenvalue weighted by molar-refractivity contribution is 7.93. The molecule has 0 bridgehead atoms. The first kappa shape index (κ1) is 18.3. The quantitative estimate of drug-likeness (QED) is 0.620. The van der Waals surface area contributed by atoms with E-state index in [0.717, 1.165) is 26.5 Å². The van der Waals surface area contributed by atoms with Gasteiger partial charge in [0.1, 0.15) is 15.7 Å². The number of rotatable bonds is 4. The van der Waals surface area contributed by atoms with Crippen LogP contribution in [0.3, 0.4) is 0 Å². The Morgan fingerprint density at radius 3 is 2.44 bits per heavy atom. The predicted octanol–water partition coefficient (Wildman–Crippen LogP) is 5.39. The number of benzene rings is 1. The highest BCUT2D eigenvalue weighted by Gasteiger charge is 2.22. The Hall–Kier alpha value is -1.48. The van der Waals surface area contributed by atoms with Gasteiger partial charge in [-0.15, -0.1) is 22.7 Å². The van der Waals surface area contributed by atoms with Crippen molar-refractivity contribution in [1.82, 2.24) is 4.98 Å². The maximum absolute atomic E-state index is 13.2. The number of hydrogen-bond acceptors (Lipinski definition) is 5. The van der Waals surface area contributed by atoms with E-state index in [4.69, 9.17) is 11.6 Å². The minimum atomic E-state index is -3.81. The van der Waals surface area contributed by atoms with Gasteiger partial charge < -0.3 is 0 Å². The van der Waals surface area contributed by atoms with E-state index < -0.39 is 15.8 Å². The summed E-state index contributed by atoms with van der Waals surface area (Å²) >= 11 is 8.61. The van der Waals surface area contributed by atoms with Gasteiger partial charge in [-0.05, 0) is 45.0 Å². The fourth-order valence-corrected chi connectivity index (χ4v) is 5.97. The van der Waals surface area contributed by atoms with Gasteiger partial charge in [-0.25, -0.2) is 17.8 Å². The van der Waals surface area contributed by atoms with Crippen LogP contribution in [0.15, 0.2) is 29.2 Å². The molecule has 3 aromatic rings. The molecule has 0 aliphatic rings. The van der Waals surface area contributed by atoms with Crippen molar-refractivity contribution in [2.75, 3.05) is 4.72 Å². The normalized spacial score (nSPS) is 11.7. The Labute approximate surface area is 158 Å². The molecular formula is C16H14ClFN2O2S3. The van der Waals surface area contributed by atoms with Crippen LogP contribution >= 0.6 is 34.3 Å². The predicted molar refractivity (Wildman–Crippen MR) is 102 cm³/mol. The van der Waals surface area contributed by atoms with Gasteiger partial charge in [0.05, 0.1) is 21.3 Å². The molecule has 0 aliphatic heterocycles. The molecule has 9 heteroatoms. The molecule has 3 rings (SSSR count). The van der Waals surface area contributed by atoms with Crippen LogP contribution in [0.1, 0.15) is 15.4 Å². The summed E-state index contributed by atoms with van der Waals surface area (Å²) in [5, 5.41) is 0.658. The summed E-state index contributed by atoms with van der Waals surface area (Å²) in [5.41, 5.74) is 1.15. The van der Waals surface area contributed by atoms with Crippen molar-refractivity contribution in [2.24, 2.45) is 0 Å². The second-order valence-corrected chi connectivity index (χ2v) is 9.94. The van der Waals surface area contributed by atoms with Crippen molar-refractivity contribution in [3.63, 3.8) is 0 Å². The standard InChI is InChI=1S/C16H14ClFN2O2S3/c1-8-9(2)24-16(19-8)14-7-15(10(3)23-14)25(21,22)20-11-4-5-13(18)12(17)6-11/h4-7,20H,1-3H3. The molecule has 1 aromatic carbocycles. The van der Waals surface area contributed by atoms with Crippen LogP contribution in [-0.2, 0) is 10.0 Å². The van der Waals surface area contributed by atoms with Gasteiger partial charge in [-0.1, -0.05) is 11.6 Å². The molecule has 0 aliphatic carbocycles. The third-order valence-electron chi connectivity index (χ3n) is 3.57. The van der Waals surface area contributed by atoms with Gasteiger partial charge in [-0.3, -0.25) is 4.72 Å². The Kier molecular flexibility index (Phi) is 4.89. The SMILES string of the molecule is Cc1nc(-c2cc(S(=O)(=O)Nc3ccc(F)c(Cl)c3)c(C)s2)sc1C. The van der Waals surface area contributed by atoms with Gasteiger partial charge in [0, 0.05) is 9.75 Å². The second-order valence-electron chi connectivity index (χ2n) is 5.43. The van der Waals surface area contributed by atoms with E-state index in [1.165, 1.54) is 34.8 Å². The molecule has 2 heterocycles. The average Bonchev–Trinajstić information content (AvgIpc) is 3.07. The largest absolute Gasteiger partial charge is 0.280 e. The first-order chi connectivity index (χ1) is 11.7. The first-order valence-corrected chi connectivity index (χ1v) is 10.7. The molecular weight excluding hydrogens is 403 g/mol. The van der Waals surface area contributed by atoms with Crippen molar-refractivity contribution in [3.05, 3.63) is 50.6 Å². The summed E-state index contributed by atoms with van der Waals surface area (Å²) < 4.78 is 41.0. The van der Waals surface area contributed by atoms with Crippen LogP contribution in [0.4, 0.5) is 10.1 Å². The molecule has 25 heavy (non-hydrogen) atoms. The summed E-state index contributed by atoms with van der Waals surface area (Å²) in [4.78, 5) is 7.21. The van der Waals surface area contributed by atoms with Crippen LogP contribution in [-0.4, -0.2) is 13.4 Å². The number of thiophene rings is 1. The van der Waals surface area contributed by atoms with E-state index in [-0.39, 0.29) is 15.6 Å². The third kappa shape index (κ3) is 3.72. The summed E-state index contributed by atoms with van der Waals surface area (Å²) in [6.07, 6.45) is 0. The van der Waals surface area contributed by atoms with Crippen LogP contribution in [0.2, 0.25) is 5.02 Å². The smallest absolute Gasteiger partial charge is 0.263 e. The fraction of sp³-hybridized carbons (Fsp3) is 0.188. The second kappa shape index (κ2) is 6.68. The Morgan fingerprint density at radius 1 is 1.12 bits per heavy atom. The summed E-state index contributed by atoms with van der Waals surface area (Å²) in [7, 11) is -3.81. The lowest BCUT2D eigenvalue weighted by atomic mass is 10.3. The molecule has 2 aromatic heterocycles. The minimum absolute atomic E-state index is 0.142. The number of nitrogens with one attached hydrogen (secondary N) is 1. The van der Waals surface area contributed by atoms with E-state index in [1.54, 1.807) is 13.0 Å². The summed E-state index contributed by atoms with van der Waals surface area (Å²) in [6, 6.07) is 5.30. The van der Waals surface area contributed by atoms with Crippen molar-refractivity contribution in [1.29, 1.82) is 0 Å². The average molecular weight is 417 g/mol. The van der Waals surface area contributed by atoms with Crippen LogP contribution < -0.4 is 4.72 Å². The Morgan fingerprint density at radius 2 is 1.84 bits per heavy atom. The zero-order valence-corrected chi connectivity index (χ0v) is 16.8. The van der Waals surface area contributed by atoms with Gasteiger partial charge in [0.15, 0.2) is 0 Å². The number of thiazole rings is 1. The molecule has 0 saturated carbocycles. The minimum Gasteiger partial charge on any atom is -0.280 e. The zero-order valence-electron chi connectivity index (χ0n) is 13.6. The number of hydrogen-bond donors (Lipinski definition) is 1. The van der Waals surface area contributed by atoms with Crippen molar-refractivity contribution in [3.8, 4) is 9.88 Å². The summed E-state index contributed by atoms with van der Waals surface area (Å²) in [5.74, 6) is -0.604. The third-order valence-corrected chi connectivity index (χ3v) is 7.79. The lowest BCUT2D eigenvalue weighted by molar-refractivity contribution is 0.601. The zero-order chi connectivity index (χ0) is 18.4. The van der Waals surface area contributed by atoms with Crippen LogP contribution in [0.5, 0.6) is 0 Å². The maximum Gasteiger partial charge on any atom is 0.263 e.